The zero-order valence-electron chi connectivity index (χ0n) is 17.2. The third-order valence-corrected chi connectivity index (χ3v) is 4.39. The highest BCUT2D eigenvalue weighted by atomic mass is 16.5. The number of rotatable bonds is 14. The minimum atomic E-state index is -0.455. The number of fused-ring (bicyclic) bond motifs is 1. The van der Waals surface area contributed by atoms with Crippen LogP contribution in [0.2, 0.25) is 0 Å². The lowest BCUT2D eigenvalue weighted by atomic mass is 10.1. The van der Waals surface area contributed by atoms with Crippen molar-refractivity contribution >= 4 is 11.6 Å². The van der Waals surface area contributed by atoms with E-state index >= 15 is 0 Å². The summed E-state index contributed by atoms with van der Waals surface area (Å²) in [6, 6.07) is 1.28. The second-order valence-electron chi connectivity index (χ2n) is 6.72. The number of azide groups is 2. The fourth-order valence-electron chi connectivity index (χ4n) is 2.97. The highest BCUT2D eigenvalue weighted by Crippen LogP contribution is 2.23. The first-order chi connectivity index (χ1) is 15.1. The van der Waals surface area contributed by atoms with Crippen LogP contribution in [0.3, 0.4) is 0 Å². The Morgan fingerprint density at radius 3 is 2.84 bits per heavy atom. The summed E-state index contributed by atoms with van der Waals surface area (Å²) in [5.74, 6) is 0.0641. The number of nitrogens with zero attached hydrogens (tertiary/aromatic N) is 9. The van der Waals surface area contributed by atoms with Gasteiger partial charge < -0.3 is 10.1 Å². The van der Waals surface area contributed by atoms with E-state index in [1.165, 1.54) is 6.20 Å². The minimum Gasteiger partial charge on any atom is -0.490 e. The summed E-state index contributed by atoms with van der Waals surface area (Å²) < 4.78 is 7.33. The van der Waals surface area contributed by atoms with E-state index in [-0.39, 0.29) is 18.8 Å². The van der Waals surface area contributed by atoms with E-state index in [4.69, 9.17) is 15.8 Å². The normalized spacial score (nSPS) is 11.3. The molecule has 2 heterocycles. The molecule has 2 rings (SSSR count). The molecule has 0 fully saturated rings. The van der Waals surface area contributed by atoms with Gasteiger partial charge in [0.15, 0.2) is 11.4 Å². The maximum atomic E-state index is 12.9. The maximum Gasteiger partial charge on any atom is 0.270 e. The van der Waals surface area contributed by atoms with E-state index in [9.17, 15) is 9.70 Å². The fourth-order valence-corrected chi connectivity index (χ4v) is 2.97. The number of imidazole rings is 1. The highest BCUT2D eigenvalue weighted by Gasteiger charge is 2.19. The summed E-state index contributed by atoms with van der Waals surface area (Å²) in [4.78, 5) is 33.4. The van der Waals surface area contributed by atoms with Gasteiger partial charge in [-0.1, -0.05) is 28.7 Å². The monoisotopic (exact) mass is 428 g/mol. The lowest BCUT2D eigenvalue weighted by Gasteiger charge is -2.15. The van der Waals surface area contributed by atoms with Gasteiger partial charge in [0.25, 0.3) is 5.91 Å². The number of amides is 1. The first-order valence-corrected chi connectivity index (χ1v) is 9.89. The largest absolute Gasteiger partial charge is 0.490 e. The van der Waals surface area contributed by atoms with E-state index in [0.29, 0.717) is 49.4 Å². The number of pyridine rings is 1. The summed E-state index contributed by atoms with van der Waals surface area (Å²) in [6.45, 7) is 2.82. The van der Waals surface area contributed by atoms with E-state index in [0.717, 1.165) is 6.42 Å². The highest BCUT2D eigenvalue weighted by molar-refractivity contribution is 5.93. The molecule has 0 aliphatic rings. The Bertz CT molecular complexity index is 992. The predicted octanol–water partition coefficient (Wildman–Crippen LogP) is 4.28. The molecule has 1 unspecified atom stereocenters. The molecule has 31 heavy (non-hydrogen) atoms. The molecular formula is C18H24N10O3. The molecule has 2 aromatic heterocycles. The second kappa shape index (κ2) is 12.7. The molecule has 1 N–H and O–H groups in total. The number of aromatic nitrogens is 2. The van der Waals surface area contributed by atoms with Crippen molar-refractivity contribution in [1.82, 2.24) is 14.7 Å². The zero-order chi connectivity index (χ0) is 22.5. The van der Waals surface area contributed by atoms with Crippen LogP contribution in [-0.4, -0.2) is 41.0 Å². The SMILES string of the molecule is CCCOc1cc(CN=[N+]=[N-])cn2c(C(=O)NC(CCCCN=[N+]=[N-])CN=O)cnc12. The number of hydrogen-bond donors (Lipinski definition) is 1. The Hall–Kier alpha value is -3.82. The van der Waals surface area contributed by atoms with Crippen LogP contribution in [0, 0.1) is 4.91 Å². The number of nitroso groups, excluding NO2 is 1. The van der Waals surface area contributed by atoms with Crippen molar-refractivity contribution in [3.8, 4) is 5.75 Å². The third kappa shape index (κ3) is 6.88. The van der Waals surface area contributed by atoms with Gasteiger partial charge in [0, 0.05) is 22.6 Å². The van der Waals surface area contributed by atoms with Gasteiger partial charge in [0.05, 0.1) is 25.4 Å². The Labute approximate surface area is 178 Å². The molecule has 1 atom stereocenters. The van der Waals surface area contributed by atoms with Crippen LogP contribution in [0.5, 0.6) is 5.75 Å². The Kier molecular flexibility index (Phi) is 9.60. The lowest BCUT2D eigenvalue weighted by Crippen LogP contribution is -2.37. The Morgan fingerprint density at radius 2 is 2.13 bits per heavy atom. The van der Waals surface area contributed by atoms with E-state index in [2.05, 4.69) is 35.5 Å². The first kappa shape index (κ1) is 23.5. The standard InChI is InChI=1S/C18H24N10O3/c1-2-7-31-16-8-13(9-23-27-20)12-28-15(11-21-17(16)28)18(29)25-14(10-24-30)5-3-4-6-22-26-19/h8,11-12,14H,2-7,9-10H2,1H3,(H,25,29). The molecule has 0 saturated heterocycles. The van der Waals surface area contributed by atoms with Crippen molar-refractivity contribution < 1.29 is 9.53 Å². The Morgan fingerprint density at radius 1 is 1.32 bits per heavy atom. The van der Waals surface area contributed by atoms with Gasteiger partial charge in [0.1, 0.15) is 12.2 Å². The lowest BCUT2D eigenvalue weighted by molar-refractivity contribution is 0.0930. The van der Waals surface area contributed by atoms with Crippen LogP contribution >= 0.6 is 0 Å². The summed E-state index contributed by atoms with van der Waals surface area (Å²) in [5.41, 5.74) is 18.3. The van der Waals surface area contributed by atoms with Gasteiger partial charge in [-0.2, -0.15) is 4.91 Å². The third-order valence-electron chi connectivity index (χ3n) is 4.39. The van der Waals surface area contributed by atoms with Gasteiger partial charge in [-0.3, -0.25) is 9.20 Å². The van der Waals surface area contributed by atoms with Gasteiger partial charge in [0.2, 0.25) is 0 Å². The molecule has 0 aliphatic heterocycles. The quantitative estimate of drug-likeness (QED) is 0.155. The molecule has 0 saturated carbocycles. The molecule has 0 bridgehead atoms. The predicted molar refractivity (Wildman–Crippen MR) is 114 cm³/mol. The van der Waals surface area contributed by atoms with Crippen molar-refractivity contribution in [3.05, 3.63) is 55.5 Å². The molecule has 13 nitrogen and oxygen atoms in total. The van der Waals surface area contributed by atoms with Crippen LogP contribution in [0.25, 0.3) is 26.5 Å². The molecule has 164 valence electrons. The molecule has 0 aromatic carbocycles. The molecule has 1 amide bonds. The fraction of sp³-hybridized carbons (Fsp3) is 0.556. The number of unbranched alkanes of at least 4 members (excludes halogenated alkanes) is 1. The maximum absolute atomic E-state index is 12.9. The van der Waals surface area contributed by atoms with Crippen LogP contribution in [0.4, 0.5) is 0 Å². The van der Waals surface area contributed by atoms with Crippen LogP contribution in [0.15, 0.2) is 33.9 Å². The minimum absolute atomic E-state index is 0.0724. The summed E-state index contributed by atoms with van der Waals surface area (Å²) in [5, 5.41) is 12.8. The summed E-state index contributed by atoms with van der Waals surface area (Å²) >= 11 is 0. The van der Waals surface area contributed by atoms with E-state index in [1.54, 1.807) is 16.7 Å². The summed E-state index contributed by atoms with van der Waals surface area (Å²) in [6.07, 6.45) is 5.71. The first-order valence-electron chi connectivity index (χ1n) is 9.89. The number of carbonyl (C=O) groups excluding carboxylic acids is 1. The van der Waals surface area contributed by atoms with Crippen molar-refractivity contribution in [1.29, 1.82) is 0 Å². The van der Waals surface area contributed by atoms with Crippen molar-refractivity contribution in [2.24, 2.45) is 15.4 Å². The smallest absolute Gasteiger partial charge is 0.270 e. The van der Waals surface area contributed by atoms with Crippen molar-refractivity contribution in [2.45, 2.75) is 45.2 Å². The molecule has 13 heteroatoms. The average Bonchev–Trinajstić information content (AvgIpc) is 3.20. The molecule has 0 radical (unpaired) electrons. The average molecular weight is 428 g/mol. The van der Waals surface area contributed by atoms with Gasteiger partial charge in [-0.25, -0.2) is 4.98 Å². The van der Waals surface area contributed by atoms with Crippen molar-refractivity contribution in [2.75, 3.05) is 19.7 Å². The molecule has 2 aromatic rings. The molecule has 0 spiro atoms. The number of carbonyl (C=O) groups is 1. The number of hydrogen-bond acceptors (Lipinski definition) is 7. The van der Waals surface area contributed by atoms with E-state index < -0.39 is 11.9 Å². The molecular weight excluding hydrogens is 404 g/mol. The number of ether oxygens (including phenoxy) is 1. The topological polar surface area (TPSA) is 183 Å². The summed E-state index contributed by atoms with van der Waals surface area (Å²) in [7, 11) is 0. The zero-order valence-corrected chi connectivity index (χ0v) is 17.2. The van der Waals surface area contributed by atoms with Crippen LogP contribution in [0.1, 0.15) is 48.7 Å². The van der Waals surface area contributed by atoms with Crippen LogP contribution in [-0.2, 0) is 6.54 Å². The molecule has 0 aliphatic carbocycles. The van der Waals surface area contributed by atoms with Crippen molar-refractivity contribution in [3.63, 3.8) is 0 Å². The van der Waals surface area contributed by atoms with Gasteiger partial charge >= 0.3 is 0 Å². The Balaban J connectivity index is 2.23. The second-order valence-corrected chi connectivity index (χ2v) is 6.72. The van der Waals surface area contributed by atoms with Gasteiger partial charge in [-0.15, -0.1) is 0 Å². The van der Waals surface area contributed by atoms with Gasteiger partial charge in [-0.05, 0) is 42.0 Å². The number of nitrogens with one attached hydrogen (secondary N) is 1. The van der Waals surface area contributed by atoms with E-state index in [1.807, 2.05) is 6.92 Å². The van der Waals surface area contributed by atoms with Crippen LogP contribution < -0.4 is 10.1 Å².